The summed E-state index contributed by atoms with van der Waals surface area (Å²) < 4.78 is 3.93. The average molecular weight is 930 g/mol. The van der Waals surface area contributed by atoms with Crippen LogP contribution in [0.15, 0.2) is 128 Å². The fourth-order valence-corrected chi connectivity index (χ4v) is 4.02. The Bertz CT molecular complexity index is 1340. The van der Waals surface area contributed by atoms with E-state index in [1.807, 2.05) is 124 Å². The van der Waals surface area contributed by atoms with E-state index in [9.17, 15) is 0 Å². The van der Waals surface area contributed by atoms with Gasteiger partial charge in [0, 0.05) is 57.1 Å². The van der Waals surface area contributed by atoms with Crippen LogP contribution in [-0.4, -0.2) is 51.9 Å². The third kappa shape index (κ3) is 10.9. The first-order valence-electron chi connectivity index (χ1n) is 13.3. The van der Waals surface area contributed by atoms with Crippen LogP contribution in [0, 0.1) is 6.07 Å². The molecule has 8 nitrogen and oxygen atoms in total. The topological polar surface area (TPSA) is 102 Å². The number of benzene rings is 4. The van der Waals surface area contributed by atoms with Gasteiger partial charge >= 0.3 is 0 Å². The van der Waals surface area contributed by atoms with Crippen LogP contribution in [0.1, 0.15) is 20.3 Å². The molecule has 2 N–H and O–H groups in total. The van der Waals surface area contributed by atoms with Crippen LogP contribution < -0.4 is 0 Å². The summed E-state index contributed by atoms with van der Waals surface area (Å²) in [5.41, 5.74) is 4.11. The Kier molecular flexibility index (Phi) is 15.6. The van der Waals surface area contributed by atoms with Gasteiger partial charge in [-0.1, -0.05) is 66.7 Å². The summed E-state index contributed by atoms with van der Waals surface area (Å²) in [5.74, 6) is 1.66. The third-order valence-corrected chi connectivity index (χ3v) is 5.83. The summed E-state index contributed by atoms with van der Waals surface area (Å²) in [6.07, 6.45) is 3.17. The first-order valence-corrected chi connectivity index (χ1v) is 13.3. The van der Waals surface area contributed by atoms with Gasteiger partial charge in [-0.05, 0) is 44.5 Å². The van der Waals surface area contributed by atoms with E-state index in [0.717, 1.165) is 34.2 Å². The van der Waals surface area contributed by atoms with E-state index in [1.54, 1.807) is 26.5 Å². The normalized spacial score (nSPS) is 11.3. The maximum absolute atomic E-state index is 8.56. The maximum atomic E-state index is 8.56. The molecule has 0 spiro atoms. The van der Waals surface area contributed by atoms with Crippen molar-refractivity contribution in [3.63, 3.8) is 0 Å². The third-order valence-electron chi connectivity index (χ3n) is 5.83. The van der Waals surface area contributed by atoms with Crippen molar-refractivity contribution in [2.75, 3.05) is 0 Å². The number of hydrogen-bond acceptors (Lipinski definition) is 6. The van der Waals surface area contributed by atoms with Crippen LogP contribution >= 0.6 is 0 Å². The molecule has 226 valence electrons. The molecule has 0 saturated carbocycles. The quantitative estimate of drug-likeness (QED) is 0.205. The second-order valence-electron chi connectivity index (χ2n) is 9.30. The van der Waals surface area contributed by atoms with Gasteiger partial charge in [0.05, 0.1) is 18.0 Å². The van der Waals surface area contributed by atoms with Crippen LogP contribution in [0.25, 0.3) is 34.2 Å². The number of nitrogens with zero attached hydrogens (tertiary/aromatic N) is 6. The van der Waals surface area contributed by atoms with Crippen LogP contribution in [0.4, 0.5) is 0 Å². The Balaban J connectivity index is 0.000000239. The molecule has 2 aromatic heterocycles. The molecule has 0 fully saturated rings. The number of rotatable bonds is 6. The van der Waals surface area contributed by atoms with E-state index >= 15 is 0 Å². The minimum Gasteiger partial charge on any atom is -0.393 e. The molecule has 2 unspecified atom stereocenters. The van der Waals surface area contributed by atoms with Gasteiger partial charge in [0.25, 0.3) is 0 Å². The molecule has 43 heavy (non-hydrogen) atoms. The molecular formula is C33H33Ir2N6O2-. The van der Waals surface area contributed by atoms with Gasteiger partial charge in [-0.25, -0.2) is 0 Å². The number of para-hydroxylation sites is 2. The van der Waals surface area contributed by atoms with E-state index in [0.29, 0.717) is 6.42 Å². The maximum Gasteiger partial charge on any atom is 0.168 e. The molecule has 0 aliphatic carbocycles. The molecule has 2 radical (unpaired) electrons. The summed E-state index contributed by atoms with van der Waals surface area (Å²) in [4.78, 5) is 0. The predicted octanol–water partition coefficient (Wildman–Crippen LogP) is 5.80. The molecule has 4 aromatic carbocycles. The Morgan fingerprint density at radius 2 is 1.05 bits per heavy atom. The van der Waals surface area contributed by atoms with Crippen molar-refractivity contribution >= 4 is 0 Å². The minimum atomic E-state index is -0.375. The Morgan fingerprint density at radius 3 is 1.49 bits per heavy atom. The monoisotopic (exact) mass is 931 g/mol. The van der Waals surface area contributed by atoms with E-state index in [-0.39, 0.29) is 52.4 Å². The molecule has 10 heteroatoms. The fraction of sp³-hybridized carbons (Fsp3) is 0.152. The zero-order valence-corrected chi connectivity index (χ0v) is 28.5. The molecule has 0 bridgehead atoms. The molecule has 6 aromatic rings. The second kappa shape index (κ2) is 18.8. The van der Waals surface area contributed by atoms with Crippen molar-refractivity contribution < 1.29 is 50.4 Å². The van der Waals surface area contributed by atoms with Crippen LogP contribution in [0.2, 0.25) is 0 Å². The molecule has 2 atom stereocenters. The number of aliphatic hydroxyl groups is 2. The molecule has 0 aliphatic heterocycles. The molecule has 0 aliphatic rings. The van der Waals surface area contributed by atoms with Gasteiger partial charge in [0.1, 0.15) is 12.7 Å². The molecule has 0 saturated heterocycles. The predicted molar refractivity (Wildman–Crippen MR) is 160 cm³/mol. The van der Waals surface area contributed by atoms with Crippen molar-refractivity contribution in [1.29, 1.82) is 0 Å². The first kappa shape index (κ1) is 35.6. The van der Waals surface area contributed by atoms with Gasteiger partial charge < -0.3 is 14.8 Å². The molecule has 2 heterocycles. The Morgan fingerprint density at radius 1 is 0.605 bits per heavy atom. The van der Waals surface area contributed by atoms with E-state index in [1.165, 1.54) is 0 Å². The Hall–Kier alpha value is -3.62. The van der Waals surface area contributed by atoms with E-state index < -0.39 is 0 Å². The smallest absolute Gasteiger partial charge is 0.168 e. The van der Waals surface area contributed by atoms with Gasteiger partial charge in [0.2, 0.25) is 0 Å². The average Bonchev–Trinajstić information content (AvgIpc) is 3.70. The van der Waals surface area contributed by atoms with Gasteiger partial charge in [-0.3, -0.25) is 4.57 Å². The zero-order valence-electron chi connectivity index (χ0n) is 23.7. The largest absolute Gasteiger partial charge is 0.393 e. The minimum absolute atomic E-state index is 0. The Labute approximate surface area is 279 Å². The molecule has 0 amide bonds. The van der Waals surface area contributed by atoms with Crippen LogP contribution in [0.5, 0.6) is 0 Å². The fourth-order valence-electron chi connectivity index (χ4n) is 4.02. The van der Waals surface area contributed by atoms with E-state index in [4.69, 9.17) is 10.2 Å². The first-order chi connectivity index (χ1) is 20.0. The number of aliphatic hydroxyl groups excluding tert-OH is 2. The second-order valence-corrected chi connectivity index (χ2v) is 9.30. The molecule has 6 rings (SSSR count). The van der Waals surface area contributed by atoms with Gasteiger partial charge in [-0.2, -0.15) is 5.10 Å². The SMILES string of the molecule is CC(O)CC(C)O.[Ir].[Ir].[c-]1ccccc1-c1nncn1-c1ccccc1.c1ccc(-c2nncn2-c2ccccc2)cc1. The van der Waals surface area contributed by atoms with Crippen molar-refractivity contribution in [3.05, 3.63) is 134 Å². The van der Waals surface area contributed by atoms with Gasteiger partial charge in [0.15, 0.2) is 5.82 Å². The van der Waals surface area contributed by atoms with Crippen molar-refractivity contribution in [3.8, 4) is 34.2 Å². The standard InChI is InChI=1S/C14H11N3.C14H10N3.C5H12O2.2Ir/c2*1-3-7-12(8-4-1)14-16-15-11-17(14)13-9-5-2-6-10-13;1-4(6)3-5(2)7;;/h1-11H;1-7,9-11H;4-7H,3H2,1-2H3;;/q;-1;;;. The summed E-state index contributed by atoms with van der Waals surface area (Å²) in [6, 6.07) is 41.1. The summed E-state index contributed by atoms with van der Waals surface area (Å²) in [5, 5.41) is 33.4. The van der Waals surface area contributed by atoms with Crippen molar-refractivity contribution in [1.82, 2.24) is 29.5 Å². The van der Waals surface area contributed by atoms with Gasteiger partial charge in [-0.15, -0.1) is 51.2 Å². The summed E-state index contributed by atoms with van der Waals surface area (Å²) in [7, 11) is 0. The summed E-state index contributed by atoms with van der Waals surface area (Å²) in [6.45, 7) is 3.32. The zero-order chi connectivity index (χ0) is 28.9. The number of hydrogen-bond donors (Lipinski definition) is 2. The number of aromatic nitrogens is 6. The van der Waals surface area contributed by atoms with Crippen molar-refractivity contribution in [2.45, 2.75) is 32.5 Å². The van der Waals surface area contributed by atoms with Crippen LogP contribution in [-0.2, 0) is 40.2 Å². The van der Waals surface area contributed by atoms with E-state index in [2.05, 4.69) is 26.5 Å². The van der Waals surface area contributed by atoms with Crippen molar-refractivity contribution in [2.24, 2.45) is 0 Å². The summed E-state index contributed by atoms with van der Waals surface area (Å²) >= 11 is 0. The molecular weight excluding hydrogens is 897 g/mol. The van der Waals surface area contributed by atoms with Crippen LogP contribution in [0.3, 0.4) is 0 Å².